The van der Waals surface area contributed by atoms with E-state index >= 15 is 0 Å². The normalized spacial score (nSPS) is 13.1. The summed E-state index contributed by atoms with van der Waals surface area (Å²) in [7, 11) is 0. The molecule has 0 fully saturated rings. The van der Waals surface area contributed by atoms with Crippen LogP contribution in [0.5, 0.6) is 0 Å². The maximum absolute atomic E-state index is 11.7. The van der Waals surface area contributed by atoms with Crippen LogP contribution in [-0.4, -0.2) is 18.0 Å². The molecule has 0 aliphatic heterocycles. The van der Waals surface area contributed by atoms with Crippen LogP contribution in [0.25, 0.3) is 0 Å². The summed E-state index contributed by atoms with van der Waals surface area (Å²) in [5.74, 6) is 0.0999. The number of nitrogens with one attached hydrogen (secondary N) is 2. The van der Waals surface area contributed by atoms with Crippen LogP contribution < -0.4 is 10.6 Å². The van der Waals surface area contributed by atoms with E-state index in [1.165, 1.54) is 5.56 Å². The van der Waals surface area contributed by atoms with Gasteiger partial charge in [-0.25, -0.2) is 0 Å². The van der Waals surface area contributed by atoms with E-state index in [1.54, 1.807) is 0 Å². The van der Waals surface area contributed by atoms with Crippen molar-refractivity contribution in [2.24, 2.45) is 0 Å². The number of carbonyl (C=O) groups is 1. The van der Waals surface area contributed by atoms with Crippen LogP contribution in [0.2, 0.25) is 0 Å². The van der Waals surface area contributed by atoms with Crippen LogP contribution >= 0.6 is 0 Å². The molecular weight excluding hydrogens is 236 g/mol. The molecule has 19 heavy (non-hydrogen) atoms. The monoisotopic (exact) mass is 262 g/mol. The van der Waals surface area contributed by atoms with E-state index in [1.807, 2.05) is 39.0 Å². The molecule has 106 valence electrons. The minimum Gasteiger partial charge on any atom is -0.351 e. The van der Waals surface area contributed by atoms with Gasteiger partial charge in [0, 0.05) is 24.5 Å². The fourth-order valence-electron chi connectivity index (χ4n) is 2.02. The molecule has 0 saturated heterocycles. The van der Waals surface area contributed by atoms with Crippen molar-refractivity contribution < 1.29 is 4.79 Å². The molecule has 0 aromatic heterocycles. The van der Waals surface area contributed by atoms with E-state index in [2.05, 4.69) is 29.7 Å². The Bertz CT molecular complexity index is 381. The standard InChI is InChI=1S/C16H26N2O/c1-5-14(13-9-7-6-8-10-13)17-12-11-15(19)18-16(2,3)4/h6-10,14,17H,5,11-12H2,1-4H3,(H,18,19). The summed E-state index contributed by atoms with van der Waals surface area (Å²) in [6, 6.07) is 10.7. The quantitative estimate of drug-likeness (QED) is 0.827. The highest BCUT2D eigenvalue weighted by molar-refractivity contribution is 5.76. The third kappa shape index (κ3) is 6.39. The average molecular weight is 262 g/mol. The third-order valence-corrected chi connectivity index (χ3v) is 2.87. The zero-order valence-electron chi connectivity index (χ0n) is 12.5. The molecule has 1 amide bonds. The maximum atomic E-state index is 11.7. The highest BCUT2D eigenvalue weighted by atomic mass is 16.1. The van der Waals surface area contributed by atoms with Gasteiger partial charge in [-0.2, -0.15) is 0 Å². The molecule has 0 bridgehead atoms. The second-order valence-corrected chi connectivity index (χ2v) is 5.87. The lowest BCUT2D eigenvalue weighted by atomic mass is 10.0. The SMILES string of the molecule is CCC(NCCC(=O)NC(C)(C)C)c1ccccc1. The summed E-state index contributed by atoms with van der Waals surface area (Å²) >= 11 is 0. The molecule has 1 atom stereocenters. The van der Waals surface area contributed by atoms with E-state index in [0.717, 1.165) is 6.42 Å². The predicted octanol–water partition coefficient (Wildman–Crippen LogP) is 3.03. The van der Waals surface area contributed by atoms with Gasteiger partial charge >= 0.3 is 0 Å². The molecule has 1 aromatic rings. The average Bonchev–Trinajstić information content (AvgIpc) is 2.33. The first kappa shape index (κ1) is 15.7. The molecule has 1 unspecified atom stereocenters. The first-order valence-electron chi connectivity index (χ1n) is 7.01. The number of carbonyl (C=O) groups excluding carboxylic acids is 1. The number of hydrogen-bond donors (Lipinski definition) is 2. The Kier molecular flexibility index (Phi) is 6.03. The number of benzene rings is 1. The fraction of sp³-hybridized carbons (Fsp3) is 0.562. The van der Waals surface area contributed by atoms with E-state index in [9.17, 15) is 4.79 Å². The van der Waals surface area contributed by atoms with Crippen molar-refractivity contribution in [3.63, 3.8) is 0 Å². The molecule has 0 aliphatic carbocycles. The van der Waals surface area contributed by atoms with Gasteiger partial charge in [0.2, 0.25) is 5.91 Å². The zero-order valence-corrected chi connectivity index (χ0v) is 12.5. The van der Waals surface area contributed by atoms with E-state index in [4.69, 9.17) is 0 Å². The molecule has 2 N–H and O–H groups in total. The Morgan fingerprint density at radius 3 is 2.37 bits per heavy atom. The maximum Gasteiger partial charge on any atom is 0.221 e. The smallest absolute Gasteiger partial charge is 0.221 e. The van der Waals surface area contributed by atoms with Crippen molar-refractivity contribution in [2.45, 2.75) is 52.1 Å². The third-order valence-electron chi connectivity index (χ3n) is 2.87. The molecule has 1 aromatic carbocycles. The van der Waals surface area contributed by atoms with Crippen molar-refractivity contribution in [1.29, 1.82) is 0 Å². The van der Waals surface area contributed by atoms with Crippen LogP contribution in [0, 0.1) is 0 Å². The largest absolute Gasteiger partial charge is 0.351 e. The summed E-state index contributed by atoms with van der Waals surface area (Å²) in [6.07, 6.45) is 1.53. The van der Waals surface area contributed by atoms with Crippen molar-refractivity contribution in [3.05, 3.63) is 35.9 Å². The molecular formula is C16H26N2O. The van der Waals surface area contributed by atoms with Gasteiger partial charge < -0.3 is 10.6 Å². The van der Waals surface area contributed by atoms with Gasteiger partial charge in [-0.15, -0.1) is 0 Å². The molecule has 0 saturated carbocycles. The Hall–Kier alpha value is -1.35. The minimum atomic E-state index is -0.152. The van der Waals surface area contributed by atoms with Crippen molar-refractivity contribution in [2.75, 3.05) is 6.54 Å². The molecule has 0 spiro atoms. The van der Waals surface area contributed by atoms with Crippen LogP contribution in [0.3, 0.4) is 0 Å². The Labute approximate surface area is 116 Å². The second-order valence-electron chi connectivity index (χ2n) is 5.87. The van der Waals surface area contributed by atoms with Crippen molar-refractivity contribution in [1.82, 2.24) is 10.6 Å². The predicted molar refractivity (Wildman–Crippen MR) is 80.0 cm³/mol. The van der Waals surface area contributed by atoms with Crippen LogP contribution in [0.4, 0.5) is 0 Å². The highest BCUT2D eigenvalue weighted by Gasteiger charge is 2.14. The van der Waals surface area contributed by atoms with Gasteiger partial charge in [-0.05, 0) is 32.8 Å². The summed E-state index contributed by atoms with van der Waals surface area (Å²) in [5.41, 5.74) is 1.13. The molecule has 0 radical (unpaired) electrons. The lowest BCUT2D eigenvalue weighted by molar-refractivity contribution is -0.122. The zero-order chi connectivity index (χ0) is 14.3. The van der Waals surface area contributed by atoms with E-state index in [0.29, 0.717) is 19.0 Å². The van der Waals surface area contributed by atoms with Gasteiger partial charge in [0.1, 0.15) is 0 Å². The molecule has 3 heteroatoms. The van der Waals surface area contributed by atoms with E-state index < -0.39 is 0 Å². The number of amides is 1. The molecule has 0 heterocycles. The molecule has 0 aliphatic rings. The summed E-state index contributed by atoms with van der Waals surface area (Å²) in [5, 5.41) is 6.41. The van der Waals surface area contributed by atoms with Gasteiger partial charge in [0.25, 0.3) is 0 Å². The van der Waals surface area contributed by atoms with Gasteiger partial charge in [0.15, 0.2) is 0 Å². The van der Waals surface area contributed by atoms with Crippen LogP contribution in [-0.2, 0) is 4.79 Å². The minimum absolute atomic E-state index is 0.0999. The highest BCUT2D eigenvalue weighted by Crippen LogP contribution is 2.15. The summed E-state index contributed by atoms with van der Waals surface area (Å²) in [4.78, 5) is 11.7. The van der Waals surface area contributed by atoms with Gasteiger partial charge in [-0.1, -0.05) is 37.3 Å². The number of rotatable bonds is 6. The fourth-order valence-corrected chi connectivity index (χ4v) is 2.02. The molecule has 1 rings (SSSR count). The lowest BCUT2D eigenvalue weighted by Gasteiger charge is -2.21. The van der Waals surface area contributed by atoms with E-state index in [-0.39, 0.29) is 11.4 Å². The first-order valence-corrected chi connectivity index (χ1v) is 7.01. The molecule has 3 nitrogen and oxygen atoms in total. The first-order chi connectivity index (χ1) is 8.92. The van der Waals surface area contributed by atoms with Crippen molar-refractivity contribution in [3.8, 4) is 0 Å². The Morgan fingerprint density at radius 2 is 1.84 bits per heavy atom. The van der Waals surface area contributed by atoms with Gasteiger partial charge in [-0.3, -0.25) is 4.79 Å². The van der Waals surface area contributed by atoms with Crippen LogP contribution in [0.1, 0.15) is 52.1 Å². The second kappa shape index (κ2) is 7.29. The lowest BCUT2D eigenvalue weighted by Crippen LogP contribution is -2.41. The Balaban J connectivity index is 2.37. The number of hydrogen-bond acceptors (Lipinski definition) is 2. The van der Waals surface area contributed by atoms with Gasteiger partial charge in [0.05, 0.1) is 0 Å². The summed E-state index contributed by atoms with van der Waals surface area (Å²) < 4.78 is 0. The van der Waals surface area contributed by atoms with Crippen molar-refractivity contribution >= 4 is 5.91 Å². The topological polar surface area (TPSA) is 41.1 Å². The Morgan fingerprint density at radius 1 is 1.21 bits per heavy atom. The summed E-state index contributed by atoms with van der Waals surface area (Å²) in [6.45, 7) is 8.85. The van der Waals surface area contributed by atoms with Crippen LogP contribution in [0.15, 0.2) is 30.3 Å².